The topological polar surface area (TPSA) is 71.2 Å². The first-order chi connectivity index (χ1) is 11.7. The van der Waals surface area contributed by atoms with Crippen LogP contribution in [0.3, 0.4) is 0 Å². The Morgan fingerprint density at radius 3 is 2.44 bits per heavy atom. The summed E-state index contributed by atoms with van der Waals surface area (Å²) in [4.78, 5) is 27.2. The van der Waals surface area contributed by atoms with Crippen LogP contribution in [0.15, 0.2) is 60.0 Å². The van der Waals surface area contributed by atoms with E-state index in [4.69, 9.17) is 4.74 Å². The summed E-state index contributed by atoms with van der Waals surface area (Å²) in [7, 11) is 1.27. The van der Waals surface area contributed by atoms with E-state index in [2.05, 4.69) is 37.7 Å². The molecule has 0 saturated heterocycles. The fraction of sp³-hybridized carbons (Fsp3) is 0.300. The van der Waals surface area contributed by atoms with Crippen molar-refractivity contribution in [1.29, 1.82) is 0 Å². The standard InChI is InChI=1S/C20H26N2O3/c1-7-15(20(3,4)5)11-10-14(2)18(23)22-17(19(24)25-6)13-16-9-8-12-21-16/h7-13,21H,1H2,2-6H3,(H,22,23)/b14-10+,15-11+,17-13+. The molecule has 0 atom stereocenters. The molecule has 0 unspecified atom stereocenters. The molecule has 1 rings (SSSR count). The molecule has 0 radical (unpaired) electrons. The van der Waals surface area contributed by atoms with Crippen molar-refractivity contribution < 1.29 is 14.3 Å². The third-order valence-corrected chi connectivity index (χ3v) is 3.53. The van der Waals surface area contributed by atoms with Crippen molar-refractivity contribution in [2.45, 2.75) is 27.7 Å². The zero-order valence-electron chi connectivity index (χ0n) is 15.5. The number of carbonyl (C=O) groups excluding carboxylic acids is 2. The van der Waals surface area contributed by atoms with Crippen molar-refractivity contribution in [2.24, 2.45) is 5.41 Å². The highest BCUT2D eigenvalue weighted by Crippen LogP contribution is 2.25. The Kier molecular flexibility index (Phi) is 7.18. The Labute approximate surface area is 149 Å². The Morgan fingerprint density at radius 1 is 1.28 bits per heavy atom. The van der Waals surface area contributed by atoms with Gasteiger partial charge in [0.25, 0.3) is 5.91 Å². The maximum atomic E-state index is 12.4. The number of methoxy groups -OCH3 is 1. The van der Waals surface area contributed by atoms with E-state index >= 15 is 0 Å². The van der Waals surface area contributed by atoms with Crippen molar-refractivity contribution in [3.8, 4) is 0 Å². The second-order valence-corrected chi connectivity index (χ2v) is 6.55. The number of hydrogen-bond acceptors (Lipinski definition) is 3. The molecule has 0 aliphatic carbocycles. The molecule has 5 nitrogen and oxygen atoms in total. The van der Waals surface area contributed by atoms with Crippen LogP contribution in [-0.2, 0) is 14.3 Å². The molecule has 134 valence electrons. The van der Waals surface area contributed by atoms with Gasteiger partial charge in [0.1, 0.15) is 5.70 Å². The van der Waals surface area contributed by atoms with Crippen LogP contribution in [0, 0.1) is 5.41 Å². The average molecular weight is 342 g/mol. The van der Waals surface area contributed by atoms with Crippen LogP contribution in [0.25, 0.3) is 6.08 Å². The van der Waals surface area contributed by atoms with Gasteiger partial charge in [-0.2, -0.15) is 0 Å². The monoisotopic (exact) mass is 342 g/mol. The summed E-state index contributed by atoms with van der Waals surface area (Å²) in [5.74, 6) is -0.996. The number of H-pyrrole nitrogens is 1. The third kappa shape index (κ3) is 6.30. The van der Waals surface area contributed by atoms with E-state index in [1.165, 1.54) is 13.2 Å². The van der Waals surface area contributed by atoms with E-state index in [0.717, 1.165) is 5.57 Å². The van der Waals surface area contributed by atoms with Gasteiger partial charge >= 0.3 is 5.97 Å². The number of esters is 1. The van der Waals surface area contributed by atoms with Crippen LogP contribution in [0.2, 0.25) is 0 Å². The molecule has 5 heteroatoms. The number of ether oxygens (including phenoxy) is 1. The average Bonchev–Trinajstić information content (AvgIpc) is 3.05. The molecule has 0 saturated carbocycles. The molecule has 0 bridgehead atoms. The van der Waals surface area contributed by atoms with Crippen LogP contribution in [0.4, 0.5) is 0 Å². The van der Waals surface area contributed by atoms with E-state index in [-0.39, 0.29) is 17.0 Å². The van der Waals surface area contributed by atoms with Crippen molar-refractivity contribution in [1.82, 2.24) is 10.3 Å². The molecule has 1 aromatic heterocycles. The predicted molar refractivity (Wildman–Crippen MR) is 100 cm³/mol. The number of aromatic nitrogens is 1. The molecular weight excluding hydrogens is 316 g/mol. The second kappa shape index (κ2) is 8.87. The summed E-state index contributed by atoms with van der Waals surface area (Å²) in [5, 5.41) is 2.59. The van der Waals surface area contributed by atoms with Crippen LogP contribution in [-0.4, -0.2) is 24.0 Å². The van der Waals surface area contributed by atoms with Gasteiger partial charge in [0, 0.05) is 17.5 Å². The molecular formula is C20H26N2O3. The van der Waals surface area contributed by atoms with Crippen molar-refractivity contribution >= 4 is 18.0 Å². The summed E-state index contributed by atoms with van der Waals surface area (Å²) in [6, 6.07) is 3.57. The largest absolute Gasteiger partial charge is 0.464 e. The Bertz CT molecular complexity index is 715. The van der Waals surface area contributed by atoms with Crippen LogP contribution < -0.4 is 5.32 Å². The summed E-state index contributed by atoms with van der Waals surface area (Å²) in [5.41, 5.74) is 2.15. The maximum Gasteiger partial charge on any atom is 0.354 e. The maximum absolute atomic E-state index is 12.4. The first-order valence-electron chi connectivity index (χ1n) is 7.95. The van der Waals surface area contributed by atoms with Gasteiger partial charge in [0.05, 0.1) is 7.11 Å². The fourth-order valence-corrected chi connectivity index (χ4v) is 1.98. The van der Waals surface area contributed by atoms with Crippen LogP contribution >= 0.6 is 0 Å². The first kappa shape index (κ1) is 20.2. The molecule has 2 N–H and O–H groups in total. The summed E-state index contributed by atoms with van der Waals surface area (Å²) < 4.78 is 4.72. The number of nitrogens with one attached hydrogen (secondary N) is 2. The summed E-state index contributed by atoms with van der Waals surface area (Å²) in [6.07, 6.45) is 8.58. The molecule has 1 amide bonds. The zero-order valence-corrected chi connectivity index (χ0v) is 15.5. The number of amides is 1. The first-order valence-corrected chi connectivity index (χ1v) is 7.95. The lowest BCUT2D eigenvalue weighted by atomic mass is 9.86. The minimum atomic E-state index is -0.618. The second-order valence-electron chi connectivity index (χ2n) is 6.55. The highest BCUT2D eigenvalue weighted by Gasteiger charge is 2.16. The van der Waals surface area contributed by atoms with Gasteiger partial charge in [-0.25, -0.2) is 4.79 Å². The SMILES string of the molecule is C=C/C(=C\C=C(/C)C(=O)N/C(=C/c1ccc[nH]1)C(=O)OC)C(C)(C)C. The van der Waals surface area contributed by atoms with Gasteiger partial charge in [-0.3, -0.25) is 4.79 Å². The van der Waals surface area contributed by atoms with Gasteiger partial charge in [-0.15, -0.1) is 0 Å². The van der Waals surface area contributed by atoms with Crippen molar-refractivity contribution in [3.63, 3.8) is 0 Å². The molecule has 25 heavy (non-hydrogen) atoms. The minimum Gasteiger partial charge on any atom is -0.464 e. The number of carbonyl (C=O) groups is 2. The molecule has 0 fully saturated rings. The van der Waals surface area contributed by atoms with E-state index in [9.17, 15) is 9.59 Å². The lowest BCUT2D eigenvalue weighted by molar-refractivity contribution is -0.137. The van der Waals surface area contributed by atoms with E-state index in [1.54, 1.807) is 37.4 Å². The van der Waals surface area contributed by atoms with Gasteiger partial charge in [0.15, 0.2) is 0 Å². The Morgan fingerprint density at radius 2 is 1.96 bits per heavy atom. The van der Waals surface area contributed by atoms with E-state index in [0.29, 0.717) is 11.3 Å². The number of hydrogen-bond donors (Lipinski definition) is 2. The fourth-order valence-electron chi connectivity index (χ4n) is 1.98. The smallest absolute Gasteiger partial charge is 0.354 e. The Hall–Kier alpha value is -2.82. The lowest BCUT2D eigenvalue weighted by Crippen LogP contribution is -2.28. The van der Waals surface area contributed by atoms with Gasteiger partial charge in [-0.05, 0) is 36.1 Å². The van der Waals surface area contributed by atoms with Crippen LogP contribution in [0.5, 0.6) is 0 Å². The number of allylic oxidation sites excluding steroid dienone is 4. The number of aromatic amines is 1. The summed E-state index contributed by atoms with van der Waals surface area (Å²) >= 11 is 0. The third-order valence-electron chi connectivity index (χ3n) is 3.53. The van der Waals surface area contributed by atoms with Gasteiger partial charge in [-0.1, -0.05) is 45.6 Å². The molecule has 1 aromatic rings. The summed E-state index contributed by atoms with van der Waals surface area (Å²) in [6.45, 7) is 11.7. The molecule has 0 aromatic carbocycles. The molecule has 1 heterocycles. The highest BCUT2D eigenvalue weighted by atomic mass is 16.5. The lowest BCUT2D eigenvalue weighted by Gasteiger charge is -2.19. The van der Waals surface area contributed by atoms with E-state index < -0.39 is 5.97 Å². The normalized spacial score (nSPS) is 13.4. The minimum absolute atomic E-state index is 0.0615. The predicted octanol–water partition coefficient (Wildman–Crippen LogP) is 3.75. The van der Waals surface area contributed by atoms with Crippen molar-refractivity contribution in [2.75, 3.05) is 7.11 Å². The van der Waals surface area contributed by atoms with Crippen LogP contribution in [0.1, 0.15) is 33.4 Å². The molecule has 0 aliphatic heterocycles. The quantitative estimate of drug-likeness (QED) is 0.470. The van der Waals surface area contributed by atoms with Gasteiger partial charge in [0.2, 0.25) is 0 Å². The molecule has 0 aliphatic rings. The van der Waals surface area contributed by atoms with Crippen molar-refractivity contribution in [3.05, 3.63) is 65.7 Å². The molecule has 0 spiro atoms. The Balaban J connectivity index is 3.00. The number of rotatable bonds is 6. The van der Waals surface area contributed by atoms with Gasteiger partial charge < -0.3 is 15.0 Å². The zero-order chi connectivity index (χ0) is 19.0. The highest BCUT2D eigenvalue weighted by molar-refractivity contribution is 6.02. The van der Waals surface area contributed by atoms with E-state index in [1.807, 2.05) is 6.08 Å².